The smallest absolute Gasteiger partial charge is 0.0522 e. The predicted octanol–water partition coefficient (Wildman–Crippen LogP) is 2.16. The molecular weight excluding hydrogens is 212 g/mol. The molecule has 0 bridgehead atoms. The van der Waals surface area contributed by atoms with Crippen molar-refractivity contribution in [3.8, 4) is 0 Å². The minimum absolute atomic E-state index is 0.450. The number of pyridine rings is 1. The van der Waals surface area contributed by atoms with Gasteiger partial charge >= 0.3 is 0 Å². The van der Waals surface area contributed by atoms with E-state index in [9.17, 15) is 0 Å². The van der Waals surface area contributed by atoms with Crippen LogP contribution in [0.15, 0.2) is 24.5 Å². The Morgan fingerprint density at radius 3 is 2.71 bits per heavy atom. The van der Waals surface area contributed by atoms with E-state index < -0.39 is 0 Å². The highest BCUT2D eigenvalue weighted by molar-refractivity contribution is 5.09. The van der Waals surface area contributed by atoms with Crippen molar-refractivity contribution < 1.29 is 4.74 Å². The normalized spacial score (nSPS) is 17.0. The molecule has 17 heavy (non-hydrogen) atoms. The van der Waals surface area contributed by atoms with Crippen molar-refractivity contribution in [2.45, 2.75) is 32.1 Å². The largest absolute Gasteiger partial charge is 0.381 e. The zero-order chi connectivity index (χ0) is 12.0. The highest BCUT2D eigenvalue weighted by atomic mass is 16.5. The lowest BCUT2D eigenvalue weighted by molar-refractivity contribution is 0.0860. The van der Waals surface area contributed by atoms with Gasteiger partial charge in [0.1, 0.15) is 0 Å². The Morgan fingerprint density at radius 1 is 1.29 bits per heavy atom. The van der Waals surface area contributed by atoms with E-state index >= 15 is 0 Å². The summed E-state index contributed by atoms with van der Waals surface area (Å²) in [6.45, 7) is 2.55. The van der Waals surface area contributed by atoms with E-state index in [-0.39, 0.29) is 0 Å². The second-order valence-corrected chi connectivity index (χ2v) is 5.05. The molecule has 0 unspecified atom stereocenters. The van der Waals surface area contributed by atoms with E-state index in [1.54, 1.807) is 0 Å². The number of rotatable bonds is 8. The van der Waals surface area contributed by atoms with Crippen molar-refractivity contribution in [1.29, 1.82) is 0 Å². The Bertz CT molecular complexity index is 322. The van der Waals surface area contributed by atoms with Gasteiger partial charge in [0.25, 0.3) is 0 Å². The number of nitrogens with two attached hydrogens (primary N) is 1. The fourth-order valence-corrected chi connectivity index (χ4v) is 2.17. The number of hydrogen-bond donors (Lipinski definition) is 1. The predicted molar refractivity (Wildman–Crippen MR) is 68.7 cm³/mol. The van der Waals surface area contributed by atoms with E-state index in [1.807, 2.05) is 12.4 Å². The lowest BCUT2D eigenvalue weighted by Gasteiger charge is -2.13. The van der Waals surface area contributed by atoms with Crippen LogP contribution >= 0.6 is 0 Å². The van der Waals surface area contributed by atoms with Crippen molar-refractivity contribution in [2.24, 2.45) is 11.1 Å². The number of aryl methyl sites for hydroxylation is 1. The van der Waals surface area contributed by atoms with Gasteiger partial charge in [0.05, 0.1) is 6.61 Å². The Morgan fingerprint density at radius 2 is 2.06 bits per heavy atom. The van der Waals surface area contributed by atoms with Gasteiger partial charge in [0, 0.05) is 19.0 Å². The van der Waals surface area contributed by atoms with Gasteiger partial charge in [-0.25, -0.2) is 0 Å². The average Bonchev–Trinajstić information content (AvgIpc) is 3.11. The summed E-state index contributed by atoms with van der Waals surface area (Å²) >= 11 is 0. The van der Waals surface area contributed by atoms with Gasteiger partial charge in [0.15, 0.2) is 0 Å². The Balaban J connectivity index is 1.55. The molecule has 2 rings (SSSR count). The molecule has 0 radical (unpaired) electrons. The van der Waals surface area contributed by atoms with Crippen molar-refractivity contribution in [2.75, 3.05) is 19.8 Å². The molecular formula is C14H22N2O. The monoisotopic (exact) mass is 234 g/mol. The molecule has 0 aliphatic heterocycles. The molecule has 0 atom stereocenters. The third-order valence-electron chi connectivity index (χ3n) is 3.54. The quantitative estimate of drug-likeness (QED) is 0.701. The summed E-state index contributed by atoms with van der Waals surface area (Å²) < 4.78 is 5.76. The van der Waals surface area contributed by atoms with Crippen molar-refractivity contribution in [3.05, 3.63) is 30.1 Å². The number of hydrogen-bond acceptors (Lipinski definition) is 3. The van der Waals surface area contributed by atoms with Crippen LogP contribution in [0, 0.1) is 5.41 Å². The van der Waals surface area contributed by atoms with Crippen molar-refractivity contribution >= 4 is 0 Å². The molecule has 1 aliphatic rings. The molecule has 0 saturated heterocycles. The molecule has 1 fully saturated rings. The Labute approximate surface area is 103 Å². The van der Waals surface area contributed by atoms with Gasteiger partial charge in [-0.3, -0.25) is 4.98 Å². The summed E-state index contributed by atoms with van der Waals surface area (Å²) in [5, 5.41) is 0. The third-order valence-corrected chi connectivity index (χ3v) is 3.54. The molecule has 3 heteroatoms. The minimum atomic E-state index is 0.450. The topological polar surface area (TPSA) is 48.1 Å². The van der Waals surface area contributed by atoms with Crippen LogP contribution in [-0.2, 0) is 11.2 Å². The Kier molecular flexibility index (Phi) is 4.51. The zero-order valence-electron chi connectivity index (χ0n) is 10.4. The summed E-state index contributed by atoms with van der Waals surface area (Å²) in [4.78, 5) is 4.01. The van der Waals surface area contributed by atoms with Gasteiger partial charge in [-0.1, -0.05) is 0 Å². The lowest BCUT2D eigenvalue weighted by Crippen LogP contribution is -2.16. The van der Waals surface area contributed by atoms with Crippen LogP contribution in [0.4, 0.5) is 0 Å². The third kappa shape index (κ3) is 4.10. The first-order chi connectivity index (χ1) is 8.35. The number of nitrogens with zero attached hydrogens (tertiary/aromatic N) is 1. The van der Waals surface area contributed by atoms with Crippen molar-refractivity contribution in [3.63, 3.8) is 0 Å². The van der Waals surface area contributed by atoms with E-state index in [0.717, 1.165) is 39.0 Å². The summed E-state index contributed by atoms with van der Waals surface area (Å²) in [5.41, 5.74) is 7.39. The molecule has 1 heterocycles. The van der Waals surface area contributed by atoms with Gasteiger partial charge < -0.3 is 10.5 Å². The zero-order valence-corrected chi connectivity index (χ0v) is 10.4. The van der Waals surface area contributed by atoms with Crippen LogP contribution < -0.4 is 5.73 Å². The fourth-order valence-electron chi connectivity index (χ4n) is 2.17. The van der Waals surface area contributed by atoms with Gasteiger partial charge in [-0.05, 0) is 61.8 Å². The van der Waals surface area contributed by atoms with Gasteiger partial charge in [-0.15, -0.1) is 0 Å². The fraction of sp³-hybridized carbons (Fsp3) is 0.643. The molecule has 0 aromatic carbocycles. The van der Waals surface area contributed by atoms with Crippen LogP contribution in [0.25, 0.3) is 0 Å². The van der Waals surface area contributed by atoms with E-state index in [1.165, 1.54) is 18.4 Å². The second kappa shape index (κ2) is 6.12. The Hall–Kier alpha value is -0.930. The molecule has 1 aromatic heterocycles. The first-order valence-electron chi connectivity index (χ1n) is 6.51. The summed E-state index contributed by atoms with van der Waals surface area (Å²) in [6.07, 6.45) is 9.57. The first kappa shape index (κ1) is 12.5. The molecule has 2 N–H and O–H groups in total. The SMILES string of the molecule is NCCC1(COCCCc2ccncc2)CC1. The molecule has 0 amide bonds. The highest BCUT2D eigenvalue weighted by Crippen LogP contribution is 2.48. The molecule has 3 nitrogen and oxygen atoms in total. The first-order valence-corrected chi connectivity index (χ1v) is 6.51. The van der Waals surface area contributed by atoms with Crippen LogP contribution in [0.1, 0.15) is 31.2 Å². The van der Waals surface area contributed by atoms with E-state index in [2.05, 4.69) is 17.1 Å². The highest BCUT2D eigenvalue weighted by Gasteiger charge is 2.41. The van der Waals surface area contributed by atoms with E-state index in [4.69, 9.17) is 10.5 Å². The molecule has 94 valence electrons. The molecule has 1 aromatic rings. The van der Waals surface area contributed by atoms with Crippen LogP contribution in [0.3, 0.4) is 0 Å². The van der Waals surface area contributed by atoms with Crippen LogP contribution in [0.5, 0.6) is 0 Å². The van der Waals surface area contributed by atoms with Crippen LogP contribution in [0.2, 0.25) is 0 Å². The average molecular weight is 234 g/mol. The van der Waals surface area contributed by atoms with E-state index in [0.29, 0.717) is 5.41 Å². The maximum atomic E-state index is 5.76. The van der Waals surface area contributed by atoms with Crippen molar-refractivity contribution in [1.82, 2.24) is 4.98 Å². The van der Waals surface area contributed by atoms with Gasteiger partial charge in [0.2, 0.25) is 0 Å². The number of ether oxygens (including phenoxy) is 1. The minimum Gasteiger partial charge on any atom is -0.381 e. The maximum absolute atomic E-state index is 5.76. The molecule has 0 spiro atoms. The number of aromatic nitrogens is 1. The van der Waals surface area contributed by atoms with Crippen LogP contribution in [-0.4, -0.2) is 24.7 Å². The molecule has 1 aliphatic carbocycles. The maximum Gasteiger partial charge on any atom is 0.0522 e. The standard InChI is InChI=1S/C14H22N2O/c15-8-7-14(5-6-14)12-17-11-1-2-13-3-9-16-10-4-13/h3-4,9-10H,1-2,5-8,11-12,15H2. The van der Waals surface area contributed by atoms with Gasteiger partial charge in [-0.2, -0.15) is 0 Å². The second-order valence-electron chi connectivity index (χ2n) is 5.05. The summed E-state index contributed by atoms with van der Waals surface area (Å²) in [7, 11) is 0. The summed E-state index contributed by atoms with van der Waals surface area (Å²) in [6, 6.07) is 4.13. The summed E-state index contributed by atoms with van der Waals surface area (Å²) in [5.74, 6) is 0. The lowest BCUT2D eigenvalue weighted by atomic mass is 10.0. The molecule has 1 saturated carbocycles.